The third-order valence-corrected chi connectivity index (χ3v) is 4.08. The molecule has 0 spiro atoms. The van der Waals surface area contributed by atoms with Gasteiger partial charge in [0.05, 0.1) is 18.4 Å². The second-order valence-electron chi connectivity index (χ2n) is 6.08. The van der Waals surface area contributed by atoms with Crippen LogP contribution in [0.2, 0.25) is 0 Å². The number of nitrogens with one attached hydrogen (secondary N) is 2. The molecule has 9 nitrogen and oxygen atoms in total. The molecular weight excluding hydrogens is 437 g/mol. The van der Waals surface area contributed by atoms with Gasteiger partial charge in [-0.05, 0) is 12.8 Å². The van der Waals surface area contributed by atoms with E-state index in [0.717, 1.165) is 18.5 Å². The third kappa shape index (κ3) is 5.06. The molecule has 0 unspecified atom stereocenters. The summed E-state index contributed by atoms with van der Waals surface area (Å²) < 4.78 is 1.67. The minimum absolute atomic E-state index is 0. The van der Waals surface area contributed by atoms with E-state index >= 15 is 0 Å². The fraction of sp³-hybridized carbons (Fsp3) is 0.600. The smallest absolute Gasteiger partial charge is 0.246 e. The molecule has 1 aliphatic carbocycles. The summed E-state index contributed by atoms with van der Waals surface area (Å²) in [4.78, 5) is 31.9. The van der Waals surface area contributed by atoms with Crippen LogP contribution in [0.25, 0.3) is 0 Å². The molecule has 25 heavy (non-hydrogen) atoms. The molecule has 10 heteroatoms. The van der Waals surface area contributed by atoms with Gasteiger partial charge in [-0.15, -0.1) is 24.0 Å². The SMILES string of the molecule is CN=C(NCC(=O)NC1CC1)N1CCN(c2cnn(C)c2)C(=O)C1.I. The van der Waals surface area contributed by atoms with Crippen molar-refractivity contribution in [3.63, 3.8) is 0 Å². The highest BCUT2D eigenvalue weighted by Crippen LogP contribution is 2.18. The lowest BCUT2D eigenvalue weighted by atomic mass is 10.3. The normalized spacial score (nSPS) is 18.0. The van der Waals surface area contributed by atoms with Crippen molar-refractivity contribution in [3.05, 3.63) is 12.4 Å². The van der Waals surface area contributed by atoms with E-state index in [0.29, 0.717) is 25.1 Å². The van der Waals surface area contributed by atoms with Crippen molar-refractivity contribution in [1.82, 2.24) is 25.3 Å². The number of hydrogen-bond donors (Lipinski definition) is 2. The van der Waals surface area contributed by atoms with Gasteiger partial charge in [0, 0.05) is 39.4 Å². The molecule has 0 aromatic carbocycles. The number of aromatic nitrogens is 2. The average Bonchev–Trinajstić information content (AvgIpc) is 3.26. The van der Waals surface area contributed by atoms with Crippen LogP contribution in [0.3, 0.4) is 0 Å². The van der Waals surface area contributed by atoms with Crippen LogP contribution in [-0.2, 0) is 16.6 Å². The zero-order valence-corrected chi connectivity index (χ0v) is 16.8. The Morgan fingerprint density at radius 2 is 2.16 bits per heavy atom. The van der Waals surface area contributed by atoms with E-state index < -0.39 is 0 Å². The molecule has 1 aliphatic heterocycles. The number of rotatable bonds is 4. The zero-order chi connectivity index (χ0) is 17.1. The lowest BCUT2D eigenvalue weighted by Crippen LogP contribution is -2.56. The molecule has 1 aromatic rings. The van der Waals surface area contributed by atoms with Gasteiger partial charge in [0.2, 0.25) is 11.8 Å². The number of carbonyl (C=O) groups is 2. The predicted octanol–water partition coefficient (Wildman–Crippen LogP) is -0.459. The van der Waals surface area contributed by atoms with Crippen LogP contribution in [0.1, 0.15) is 12.8 Å². The maximum Gasteiger partial charge on any atom is 0.246 e. The van der Waals surface area contributed by atoms with E-state index in [1.165, 1.54) is 0 Å². The standard InChI is InChI=1S/C15H23N7O2.HI/c1-16-15(17-8-13(23)19-11-3-4-11)21-5-6-22(14(24)10-21)12-7-18-20(2)9-12;/h7,9,11H,3-6,8,10H2,1-2H3,(H,16,17)(H,19,23);1H. The molecule has 0 bridgehead atoms. The van der Waals surface area contributed by atoms with Crippen molar-refractivity contribution in [1.29, 1.82) is 0 Å². The van der Waals surface area contributed by atoms with Crippen LogP contribution in [0.5, 0.6) is 0 Å². The topological polar surface area (TPSA) is 94.9 Å². The Morgan fingerprint density at radius 3 is 2.72 bits per heavy atom. The minimum Gasteiger partial charge on any atom is -0.352 e. The maximum atomic E-state index is 12.4. The average molecular weight is 461 g/mol. The molecule has 0 atom stereocenters. The molecule has 2 amide bonds. The van der Waals surface area contributed by atoms with Gasteiger partial charge in [0.15, 0.2) is 5.96 Å². The molecular formula is C15H24IN7O2. The second-order valence-corrected chi connectivity index (χ2v) is 6.08. The van der Waals surface area contributed by atoms with Crippen LogP contribution in [-0.4, -0.2) is 71.7 Å². The molecule has 2 heterocycles. The summed E-state index contributed by atoms with van der Waals surface area (Å²) in [7, 11) is 3.47. The summed E-state index contributed by atoms with van der Waals surface area (Å²) in [5.41, 5.74) is 0.800. The third-order valence-electron chi connectivity index (χ3n) is 4.08. The van der Waals surface area contributed by atoms with Gasteiger partial charge in [-0.1, -0.05) is 0 Å². The van der Waals surface area contributed by atoms with E-state index in [1.54, 1.807) is 22.8 Å². The number of carbonyl (C=O) groups excluding carboxylic acids is 2. The largest absolute Gasteiger partial charge is 0.352 e. The van der Waals surface area contributed by atoms with Crippen LogP contribution in [0, 0.1) is 0 Å². The lowest BCUT2D eigenvalue weighted by molar-refractivity contribution is -0.120. The summed E-state index contributed by atoms with van der Waals surface area (Å²) in [6.45, 7) is 1.59. The number of amides is 2. The van der Waals surface area contributed by atoms with Crippen LogP contribution in [0.4, 0.5) is 5.69 Å². The minimum atomic E-state index is -0.0426. The van der Waals surface area contributed by atoms with Gasteiger partial charge in [-0.3, -0.25) is 19.3 Å². The van der Waals surface area contributed by atoms with E-state index in [1.807, 2.05) is 18.1 Å². The van der Waals surface area contributed by atoms with Gasteiger partial charge in [0.1, 0.15) is 6.54 Å². The highest BCUT2D eigenvalue weighted by Gasteiger charge is 2.28. The first kappa shape index (κ1) is 19.5. The number of aryl methyl sites for hydroxylation is 1. The van der Waals surface area contributed by atoms with Gasteiger partial charge in [0.25, 0.3) is 0 Å². The Hall–Kier alpha value is -1.85. The van der Waals surface area contributed by atoms with Crippen LogP contribution >= 0.6 is 24.0 Å². The van der Waals surface area contributed by atoms with Gasteiger partial charge in [-0.2, -0.15) is 5.10 Å². The van der Waals surface area contributed by atoms with E-state index in [9.17, 15) is 9.59 Å². The van der Waals surface area contributed by atoms with Crippen molar-refractivity contribution in [2.45, 2.75) is 18.9 Å². The van der Waals surface area contributed by atoms with E-state index in [-0.39, 0.29) is 48.9 Å². The fourth-order valence-electron chi connectivity index (χ4n) is 2.67. The quantitative estimate of drug-likeness (QED) is 0.360. The Morgan fingerprint density at radius 1 is 1.40 bits per heavy atom. The molecule has 1 saturated heterocycles. The molecule has 1 aromatic heterocycles. The van der Waals surface area contributed by atoms with Crippen molar-refractivity contribution in [2.75, 3.05) is 38.1 Å². The fourth-order valence-corrected chi connectivity index (χ4v) is 2.67. The molecule has 3 rings (SSSR count). The monoisotopic (exact) mass is 461 g/mol. The van der Waals surface area contributed by atoms with Gasteiger partial charge < -0.3 is 20.4 Å². The molecule has 1 saturated carbocycles. The first-order chi connectivity index (χ1) is 11.6. The summed E-state index contributed by atoms with van der Waals surface area (Å²) in [6.07, 6.45) is 5.63. The molecule has 138 valence electrons. The summed E-state index contributed by atoms with van der Waals surface area (Å²) >= 11 is 0. The Kier molecular flexibility index (Phi) is 6.62. The number of hydrogen-bond acceptors (Lipinski definition) is 4. The zero-order valence-electron chi connectivity index (χ0n) is 14.4. The summed E-state index contributed by atoms with van der Waals surface area (Å²) in [5.74, 6) is 0.513. The van der Waals surface area contributed by atoms with Crippen molar-refractivity contribution >= 4 is 47.4 Å². The summed E-state index contributed by atoms with van der Waals surface area (Å²) in [5, 5.41) is 10.0. The van der Waals surface area contributed by atoms with E-state index in [4.69, 9.17) is 0 Å². The maximum absolute atomic E-state index is 12.4. The number of aliphatic imine (C=N–C) groups is 1. The van der Waals surface area contributed by atoms with Crippen molar-refractivity contribution in [3.8, 4) is 0 Å². The van der Waals surface area contributed by atoms with Crippen molar-refractivity contribution < 1.29 is 9.59 Å². The van der Waals surface area contributed by atoms with Crippen LogP contribution < -0.4 is 15.5 Å². The Balaban J connectivity index is 0.00000225. The van der Waals surface area contributed by atoms with Gasteiger partial charge in [-0.25, -0.2) is 0 Å². The Labute approximate surface area is 163 Å². The van der Waals surface area contributed by atoms with Gasteiger partial charge >= 0.3 is 0 Å². The number of guanidine groups is 1. The Bertz CT molecular complexity index is 656. The first-order valence-corrected chi connectivity index (χ1v) is 8.11. The lowest BCUT2D eigenvalue weighted by Gasteiger charge is -2.35. The first-order valence-electron chi connectivity index (χ1n) is 8.11. The van der Waals surface area contributed by atoms with E-state index in [2.05, 4.69) is 20.7 Å². The number of piperazine rings is 1. The predicted molar refractivity (Wildman–Crippen MR) is 105 cm³/mol. The molecule has 2 fully saturated rings. The number of halogens is 1. The molecule has 2 N–H and O–H groups in total. The molecule has 0 radical (unpaired) electrons. The van der Waals surface area contributed by atoms with Crippen molar-refractivity contribution in [2.24, 2.45) is 12.0 Å². The number of anilines is 1. The molecule has 2 aliphatic rings. The summed E-state index contributed by atoms with van der Waals surface area (Å²) in [6, 6.07) is 0.339. The van der Waals surface area contributed by atoms with Crippen LogP contribution in [0.15, 0.2) is 17.4 Å². The highest BCUT2D eigenvalue weighted by atomic mass is 127. The second kappa shape index (κ2) is 8.50. The number of nitrogens with zero attached hydrogens (tertiary/aromatic N) is 5. The highest BCUT2D eigenvalue weighted by molar-refractivity contribution is 14.0.